The van der Waals surface area contributed by atoms with Gasteiger partial charge < -0.3 is 5.32 Å². The number of pyridine rings is 1. The van der Waals surface area contributed by atoms with Gasteiger partial charge in [0.25, 0.3) is 0 Å². The van der Waals surface area contributed by atoms with E-state index in [9.17, 15) is 0 Å². The molecule has 0 aromatic carbocycles. The molecule has 0 aliphatic carbocycles. The van der Waals surface area contributed by atoms with Gasteiger partial charge >= 0.3 is 0 Å². The summed E-state index contributed by atoms with van der Waals surface area (Å²) in [6.07, 6.45) is 2.63. The molecule has 0 fully saturated rings. The Labute approximate surface area is 71.6 Å². The fourth-order valence-corrected chi connectivity index (χ4v) is 1.08. The summed E-state index contributed by atoms with van der Waals surface area (Å²) in [6, 6.07) is 3.89. The molecule has 0 atom stereocenters. The predicted octanol–water partition coefficient (Wildman–Crippen LogP) is 1.50. The van der Waals surface area contributed by atoms with Gasteiger partial charge in [0.1, 0.15) is 5.15 Å². The number of halogens is 1. The summed E-state index contributed by atoms with van der Waals surface area (Å²) in [7, 11) is 1.92. The fourth-order valence-electron chi connectivity index (χ4n) is 0.865. The minimum Gasteiger partial charge on any atom is -0.319 e. The maximum atomic E-state index is 5.82. The van der Waals surface area contributed by atoms with Crippen LogP contribution >= 0.6 is 11.6 Å². The Bertz CT molecular complexity index is 225. The third-order valence-corrected chi connectivity index (χ3v) is 1.82. The van der Waals surface area contributed by atoms with Crippen molar-refractivity contribution in [1.82, 2.24) is 10.3 Å². The van der Waals surface area contributed by atoms with Gasteiger partial charge in [-0.05, 0) is 31.6 Å². The molecule has 0 aliphatic rings. The normalized spacial score (nSPS) is 10.0. The minimum atomic E-state index is 0.614. The molecule has 1 heterocycles. The van der Waals surface area contributed by atoms with E-state index < -0.39 is 0 Å². The van der Waals surface area contributed by atoms with E-state index in [-0.39, 0.29) is 0 Å². The van der Waals surface area contributed by atoms with Crippen LogP contribution in [0.4, 0.5) is 0 Å². The third-order valence-electron chi connectivity index (χ3n) is 1.48. The molecule has 1 N–H and O–H groups in total. The highest BCUT2D eigenvalue weighted by molar-refractivity contribution is 6.30. The van der Waals surface area contributed by atoms with Crippen LogP contribution in [-0.4, -0.2) is 18.6 Å². The van der Waals surface area contributed by atoms with Crippen LogP contribution in [0.2, 0.25) is 5.15 Å². The lowest BCUT2D eigenvalue weighted by atomic mass is 10.2. The highest BCUT2D eigenvalue weighted by atomic mass is 35.5. The van der Waals surface area contributed by atoms with Crippen LogP contribution in [-0.2, 0) is 6.42 Å². The first kappa shape index (κ1) is 8.50. The second kappa shape index (κ2) is 4.31. The van der Waals surface area contributed by atoms with Crippen LogP contribution in [0, 0.1) is 0 Å². The molecule has 0 aliphatic heterocycles. The lowest BCUT2D eigenvalue weighted by Crippen LogP contribution is -2.10. The Morgan fingerprint density at radius 2 is 2.45 bits per heavy atom. The van der Waals surface area contributed by atoms with Crippen molar-refractivity contribution in [3.63, 3.8) is 0 Å². The Hall–Kier alpha value is -0.600. The van der Waals surface area contributed by atoms with Crippen LogP contribution < -0.4 is 5.32 Å². The SMILES string of the molecule is CNCCc1cccnc1Cl. The summed E-state index contributed by atoms with van der Waals surface area (Å²) < 4.78 is 0. The second-order valence-corrected chi connectivity index (χ2v) is 2.66. The molecular formula is C8H11ClN2. The van der Waals surface area contributed by atoms with E-state index in [4.69, 9.17) is 11.6 Å². The van der Waals surface area contributed by atoms with Crippen molar-refractivity contribution < 1.29 is 0 Å². The highest BCUT2D eigenvalue weighted by Gasteiger charge is 1.97. The first-order valence-corrected chi connectivity index (χ1v) is 3.96. The summed E-state index contributed by atoms with van der Waals surface area (Å²) in [4.78, 5) is 3.97. The van der Waals surface area contributed by atoms with E-state index in [0.717, 1.165) is 18.5 Å². The molecule has 0 spiro atoms. The number of likely N-dealkylation sites (N-methyl/N-ethyl adjacent to an activating group) is 1. The van der Waals surface area contributed by atoms with Gasteiger partial charge in [0, 0.05) is 6.20 Å². The van der Waals surface area contributed by atoms with Gasteiger partial charge in [-0.2, -0.15) is 0 Å². The van der Waals surface area contributed by atoms with Gasteiger partial charge in [0.15, 0.2) is 0 Å². The van der Waals surface area contributed by atoms with E-state index in [1.807, 2.05) is 19.2 Å². The van der Waals surface area contributed by atoms with Crippen LogP contribution in [0.15, 0.2) is 18.3 Å². The number of nitrogens with one attached hydrogen (secondary N) is 1. The van der Waals surface area contributed by atoms with Gasteiger partial charge in [0.05, 0.1) is 0 Å². The van der Waals surface area contributed by atoms with Crippen LogP contribution in [0.25, 0.3) is 0 Å². The molecular weight excluding hydrogens is 160 g/mol. The number of rotatable bonds is 3. The van der Waals surface area contributed by atoms with E-state index in [2.05, 4.69) is 10.3 Å². The van der Waals surface area contributed by atoms with Crippen molar-refractivity contribution in [3.8, 4) is 0 Å². The zero-order valence-electron chi connectivity index (χ0n) is 6.47. The molecule has 0 saturated carbocycles. The molecule has 0 unspecified atom stereocenters. The molecule has 60 valence electrons. The van der Waals surface area contributed by atoms with E-state index in [1.165, 1.54) is 0 Å². The first-order valence-electron chi connectivity index (χ1n) is 3.58. The van der Waals surface area contributed by atoms with Crippen LogP contribution in [0.3, 0.4) is 0 Å². The molecule has 1 aromatic rings. The monoisotopic (exact) mass is 170 g/mol. The smallest absolute Gasteiger partial charge is 0.132 e. The van der Waals surface area contributed by atoms with Gasteiger partial charge in [-0.1, -0.05) is 17.7 Å². The number of hydrogen-bond donors (Lipinski definition) is 1. The zero-order valence-corrected chi connectivity index (χ0v) is 7.23. The van der Waals surface area contributed by atoms with Crippen LogP contribution in [0.5, 0.6) is 0 Å². The maximum absolute atomic E-state index is 5.82. The highest BCUT2D eigenvalue weighted by Crippen LogP contribution is 2.10. The molecule has 0 bridgehead atoms. The molecule has 3 heteroatoms. The Kier molecular flexibility index (Phi) is 3.33. The second-order valence-electron chi connectivity index (χ2n) is 2.31. The number of nitrogens with zero attached hydrogens (tertiary/aromatic N) is 1. The average molecular weight is 171 g/mol. The molecule has 2 nitrogen and oxygen atoms in total. The Morgan fingerprint density at radius 3 is 3.09 bits per heavy atom. The van der Waals surface area contributed by atoms with Crippen molar-refractivity contribution in [1.29, 1.82) is 0 Å². The van der Waals surface area contributed by atoms with Crippen molar-refractivity contribution >= 4 is 11.6 Å². The molecule has 1 rings (SSSR count). The topological polar surface area (TPSA) is 24.9 Å². The number of hydrogen-bond acceptors (Lipinski definition) is 2. The molecule has 11 heavy (non-hydrogen) atoms. The minimum absolute atomic E-state index is 0.614. The fraction of sp³-hybridized carbons (Fsp3) is 0.375. The lowest BCUT2D eigenvalue weighted by Gasteiger charge is -2.00. The summed E-state index contributed by atoms with van der Waals surface area (Å²) in [5.41, 5.74) is 1.10. The van der Waals surface area contributed by atoms with Gasteiger partial charge in [-0.25, -0.2) is 4.98 Å². The van der Waals surface area contributed by atoms with Gasteiger partial charge in [-0.3, -0.25) is 0 Å². The molecule has 0 amide bonds. The predicted molar refractivity (Wildman–Crippen MR) is 46.9 cm³/mol. The van der Waals surface area contributed by atoms with Crippen molar-refractivity contribution in [2.24, 2.45) is 0 Å². The Morgan fingerprint density at radius 1 is 1.64 bits per heavy atom. The zero-order chi connectivity index (χ0) is 8.10. The lowest BCUT2D eigenvalue weighted by molar-refractivity contribution is 0.789. The summed E-state index contributed by atoms with van der Waals surface area (Å²) >= 11 is 5.82. The molecule has 0 radical (unpaired) electrons. The summed E-state index contributed by atoms with van der Waals surface area (Å²) in [5.74, 6) is 0. The van der Waals surface area contributed by atoms with Crippen molar-refractivity contribution in [3.05, 3.63) is 29.0 Å². The first-order chi connectivity index (χ1) is 5.34. The molecule has 1 aromatic heterocycles. The third kappa shape index (κ3) is 2.48. The van der Waals surface area contributed by atoms with E-state index in [1.54, 1.807) is 6.20 Å². The van der Waals surface area contributed by atoms with Crippen molar-refractivity contribution in [2.45, 2.75) is 6.42 Å². The standard InChI is InChI=1S/C8H11ClN2/c1-10-6-4-7-3-2-5-11-8(7)9/h2-3,5,10H,4,6H2,1H3. The van der Waals surface area contributed by atoms with Crippen molar-refractivity contribution in [2.75, 3.05) is 13.6 Å². The summed E-state index contributed by atoms with van der Waals surface area (Å²) in [6.45, 7) is 0.936. The van der Waals surface area contributed by atoms with E-state index in [0.29, 0.717) is 5.15 Å². The largest absolute Gasteiger partial charge is 0.319 e. The Balaban J connectivity index is 2.62. The van der Waals surface area contributed by atoms with E-state index >= 15 is 0 Å². The maximum Gasteiger partial charge on any atom is 0.132 e. The molecule has 0 saturated heterocycles. The van der Waals surface area contributed by atoms with Crippen LogP contribution in [0.1, 0.15) is 5.56 Å². The number of aromatic nitrogens is 1. The summed E-state index contributed by atoms with van der Waals surface area (Å²) in [5, 5.41) is 3.67. The average Bonchev–Trinajstić information content (AvgIpc) is 2.03. The quantitative estimate of drug-likeness (QED) is 0.696. The van der Waals surface area contributed by atoms with Gasteiger partial charge in [-0.15, -0.1) is 0 Å². The van der Waals surface area contributed by atoms with Gasteiger partial charge in [0.2, 0.25) is 0 Å².